The van der Waals surface area contributed by atoms with Gasteiger partial charge in [-0.25, -0.2) is 4.79 Å². The van der Waals surface area contributed by atoms with E-state index in [1.807, 2.05) is 6.07 Å². The number of esters is 1. The molecule has 1 aliphatic carbocycles. The lowest BCUT2D eigenvalue weighted by atomic mass is 9.69. The number of fused-ring (bicyclic) bond motifs is 6. The standard InChI is InChI=1S/C17H19NO5/c1-18-3-2-8-4-11(19)16-14(15(8)18)9-5-12-13(22-7-21-12)6-10(9)17(20)23-16/h5-6,8,11,14-16,19H,2-4,7H2,1H3/t8-,11-,14-,15-,16-/m0/s1. The van der Waals surface area contributed by atoms with Crippen molar-refractivity contribution in [2.24, 2.45) is 5.92 Å². The predicted molar refractivity (Wildman–Crippen MR) is 79.7 cm³/mol. The summed E-state index contributed by atoms with van der Waals surface area (Å²) in [4.78, 5) is 14.8. The zero-order valence-electron chi connectivity index (χ0n) is 12.9. The first kappa shape index (κ1) is 13.6. The average molecular weight is 317 g/mol. The van der Waals surface area contributed by atoms with Crippen molar-refractivity contribution in [2.45, 2.75) is 37.0 Å². The van der Waals surface area contributed by atoms with E-state index >= 15 is 0 Å². The smallest absolute Gasteiger partial charge is 0.338 e. The van der Waals surface area contributed by atoms with Gasteiger partial charge in [0.05, 0.1) is 11.7 Å². The van der Waals surface area contributed by atoms with Gasteiger partial charge in [0, 0.05) is 12.0 Å². The minimum absolute atomic E-state index is 0.0153. The Balaban J connectivity index is 1.68. The van der Waals surface area contributed by atoms with Crippen molar-refractivity contribution in [2.75, 3.05) is 20.4 Å². The molecule has 3 heterocycles. The van der Waals surface area contributed by atoms with Gasteiger partial charge in [0.2, 0.25) is 6.79 Å². The topological polar surface area (TPSA) is 68.2 Å². The second kappa shape index (κ2) is 4.61. The fraction of sp³-hybridized carbons (Fsp3) is 0.588. The minimum atomic E-state index is -0.602. The molecule has 0 amide bonds. The monoisotopic (exact) mass is 317 g/mol. The van der Waals surface area contributed by atoms with Crippen molar-refractivity contribution >= 4 is 5.97 Å². The van der Waals surface area contributed by atoms with Crippen LogP contribution in [0.15, 0.2) is 12.1 Å². The predicted octanol–water partition coefficient (Wildman–Crippen LogP) is 1.12. The van der Waals surface area contributed by atoms with Crippen molar-refractivity contribution < 1.29 is 24.1 Å². The number of likely N-dealkylation sites (tertiary alicyclic amines) is 1. The number of ether oxygens (including phenoxy) is 3. The number of hydrogen-bond acceptors (Lipinski definition) is 6. The Morgan fingerprint density at radius 3 is 2.87 bits per heavy atom. The summed E-state index contributed by atoms with van der Waals surface area (Å²) in [5.74, 6) is 1.31. The van der Waals surface area contributed by atoms with Gasteiger partial charge in [-0.2, -0.15) is 0 Å². The number of rotatable bonds is 0. The summed E-state index contributed by atoms with van der Waals surface area (Å²) < 4.78 is 16.5. The van der Waals surface area contributed by atoms with Gasteiger partial charge in [-0.3, -0.25) is 0 Å². The van der Waals surface area contributed by atoms with Crippen LogP contribution in [-0.2, 0) is 4.74 Å². The molecule has 0 bridgehead atoms. The average Bonchev–Trinajstić information content (AvgIpc) is 3.13. The van der Waals surface area contributed by atoms with Gasteiger partial charge >= 0.3 is 5.97 Å². The summed E-state index contributed by atoms with van der Waals surface area (Å²) in [6, 6.07) is 3.92. The van der Waals surface area contributed by atoms with Crippen LogP contribution in [0, 0.1) is 5.92 Å². The van der Waals surface area contributed by atoms with Gasteiger partial charge in [0.1, 0.15) is 6.10 Å². The lowest BCUT2D eigenvalue weighted by Gasteiger charge is -2.47. The second-order valence-electron chi connectivity index (χ2n) is 7.01. The van der Waals surface area contributed by atoms with E-state index in [-0.39, 0.29) is 24.7 Å². The van der Waals surface area contributed by atoms with Crippen LogP contribution in [0.5, 0.6) is 11.5 Å². The number of carbonyl (C=O) groups excluding carboxylic acids is 1. The molecule has 0 aromatic heterocycles. The molecule has 6 heteroatoms. The molecule has 0 unspecified atom stereocenters. The van der Waals surface area contributed by atoms with E-state index in [1.165, 1.54) is 0 Å². The van der Waals surface area contributed by atoms with E-state index in [1.54, 1.807) is 6.07 Å². The van der Waals surface area contributed by atoms with Gasteiger partial charge < -0.3 is 24.2 Å². The van der Waals surface area contributed by atoms with Crippen LogP contribution in [0.1, 0.15) is 34.7 Å². The summed E-state index contributed by atoms with van der Waals surface area (Å²) in [6.45, 7) is 1.19. The molecule has 5 atom stereocenters. The highest BCUT2D eigenvalue weighted by atomic mass is 16.7. The van der Waals surface area contributed by atoms with Crippen molar-refractivity contribution in [1.29, 1.82) is 0 Å². The fourth-order valence-corrected chi connectivity index (χ4v) is 4.86. The maximum absolute atomic E-state index is 12.4. The Bertz CT molecular complexity index is 690. The number of aliphatic hydroxyl groups is 1. The SMILES string of the molecule is CN1CC[C@H]2C[C@H](O)[C@@H]3OC(=O)c4cc5c(cc4[C@H]3[C@H]21)OCO5. The van der Waals surface area contributed by atoms with Crippen LogP contribution >= 0.6 is 0 Å². The van der Waals surface area contributed by atoms with Gasteiger partial charge in [-0.05, 0) is 50.0 Å². The minimum Gasteiger partial charge on any atom is -0.455 e. The van der Waals surface area contributed by atoms with E-state index in [0.717, 1.165) is 18.5 Å². The maximum Gasteiger partial charge on any atom is 0.338 e. The van der Waals surface area contributed by atoms with E-state index in [2.05, 4.69) is 11.9 Å². The molecular formula is C17H19NO5. The van der Waals surface area contributed by atoms with Crippen LogP contribution < -0.4 is 9.47 Å². The summed E-state index contributed by atoms with van der Waals surface area (Å²) >= 11 is 0. The molecule has 0 radical (unpaired) electrons. The third-order valence-corrected chi connectivity index (χ3v) is 5.86. The third kappa shape index (κ3) is 1.79. The number of likely N-dealkylation sites (N-methyl/N-ethyl adjacent to an activating group) is 1. The molecule has 5 rings (SSSR count). The highest BCUT2D eigenvalue weighted by Crippen LogP contribution is 2.50. The molecule has 23 heavy (non-hydrogen) atoms. The maximum atomic E-state index is 12.4. The van der Waals surface area contributed by atoms with Crippen molar-refractivity contribution in [3.8, 4) is 11.5 Å². The van der Waals surface area contributed by atoms with Crippen molar-refractivity contribution in [3.05, 3.63) is 23.3 Å². The van der Waals surface area contributed by atoms with Crippen molar-refractivity contribution in [3.63, 3.8) is 0 Å². The molecule has 1 saturated carbocycles. The first-order chi connectivity index (χ1) is 11.1. The Labute approximate surface area is 133 Å². The van der Waals surface area contributed by atoms with Crippen LogP contribution in [0.2, 0.25) is 0 Å². The largest absolute Gasteiger partial charge is 0.455 e. The zero-order chi connectivity index (χ0) is 15.7. The Morgan fingerprint density at radius 1 is 1.26 bits per heavy atom. The van der Waals surface area contributed by atoms with Crippen molar-refractivity contribution in [1.82, 2.24) is 4.90 Å². The Kier molecular flexibility index (Phi) is 2.73. The Morgan fingerprint density at radius 2 is 2.04 bits per heavy atom. The molecule has 1 aromatic carbocycles. The number of hydrogen-bond donors (Lipinski definition) is 1. The van der Waals surface area contributed by atoms with Crippen LogP contribution in [0.25, 0.3) is 0 Å². The van der Waals surface area contributed by atoms with Crippen LogP contribution in [0.4, 0.5) is 0 Å². The molecule has 2 fully saturated rings. The van der Waals surface area contributed by atoms with Gasteiger partial charge in [-0.15, -0.1) is 0 Å². The normalized spacial score (nSPS) is 37.8. The first-order valence-electron chi connectivity index (χ1n) is 8.16. The van der Waals surface area contributed by atoms with E-state index in [9.17, 15) is 9.90 Å². The van der Waals surface area contributed by atoms with Gasteiger partial charge in [0.25, 0.3) is 0 Å². The van der Waals surface area contributed by atoms with E-state index < -0.39 is 12.2 Å². The van der Waals surface area contributed by atoms with E-state index in [4.69, 9.17) is 14.2 Å². The lowest BCUT2D eigenvalue weighted by molar-refractivity contribution is -0.0778. The highest BCUT2D eigenvalue weighted by molar-refractivity contribution is 5.94. The van der Waals surface area contributed by atoms with E-state index in [0.29, 0.717) is 29.4 Å². The third-order valence-electron chi connectivity index (χ3n) is 5.86. The molecule has 0 spiro atoms. The molecule has 1 saturated heterocycles. The number of benzene rings is 1. The number of nitrogens with zero attached hydrogens (tertiary/aromatic N) is 1. The zero-order valence-corrected chi connectivity index (χ0v) is 12.9. The molecule has 6 nitrogen and oxygen atoms in total. The van der Waals surface area contributed by atoms with Gasteiger partial charge in [-0.1, -0.05) is 0 Å². The second-order valence-corrected chi connectivity index (χ2v) is 7.01. The summed E-state index contributed by atoms with van der Waals surface area (Å²) in [6.07, 6.45) is 0.700. The molecule has 4 aliphatic rings. The fourth-order valence-electron chi connectivity index (χ4n) is 4.86. The molecule has 1 N–H and O–H groups in total. The molecule has 3 aliphatic heterocycles. The molecule has 122 valence electrons. The van der Waals surface area contributed by atoms with Crippen LogP contribution in [0.3, 0.4) is 0 Å². The lowest BCUT2D eigenvalue weighted by Crippen LogP contribution is -2.54. The number of carbonyl (C=O) groups is 1. The molecular weight excluding hydrogens is 298 g/mol. The molecule has 1 aromatic rings. The summed E-state index contributed by atoms with van der Waals surface area (Å²) in [5.41, 5.74) is 1.47. The first-order valence-corrected chi connectivity index (χ1v) is 8.16. The van der Waals surface area contributed by atoms with Gasteiger partial charge in [0.15, 0.2) is 11.5 Å². The summed E-state index contributed by atoms with van der Waals surface area (Å²) in [7, 11) is 2.11. The highest BCUT2D eigenvalue weighted by Gasteiger charge is 2.53. The Hall–Kier alpha value is -1.79. The summed E-state index contributed by atoms with van der Waals surface area (Å²) in [5, 5.41) is 10.5. The quantitative estimate of drug-likeness (QED) is 0.723. The number of aliphatic hydroxyl groups excluding tert-OH is 1. The van der Waals surface area contributed by atoms with Crippen LogP contribution in [-0.4, -0.2) is 54.6 Å².